The van der Waals surface area contributed by atoms with Crippen molar-refractivity contribution in [2.75, 3.05) is 0 Å². The Morgan fingerprint density at radius 2 is 1.08 bits per heavy atom. The van der Waals surface area contributed by atoms with E-state index in [1.54, 1.807) is 0 Å². The molecule has 0 aliphatic carbocycles. The minimum absolute atomic E-state index is 0.590. The summed E-state index contributed by atoms with van der Waals surface area (Å²) in [4.78, 5) is 15.4. The van der Waals surface area contributed by atoms with Crippen LogP contribution in [-0.4, -0.2) is 19.5 Å². The summed E-state index contributed by atoms with van der Waals surface area (Å²) >= 11 is 1.84. The fraction of sp³-hybridized carbons (Fsp3) is 0. The summed E-state index contributed by atoms with van der Waals surface area (Å²) in [5.41, 5.74) is 6.31. The number of rotatable bonds is 4. The van der Waals surface area contributed by atoms with Gasteiger partial charge in [-0.15, -0.1) is 11.3 Å². The molecular weight excluding hydrogens is 605 g/mol. The number of para-hydroxylation sites is 1. The Hall–Kier alpha value is -6.17. The molecule has 0 aliphatic heterocycles. The fourth-order valence-electron chi connectivity index (χ4n) is 7.07. The summed E-state index contributed by atoms with van der Waals surface area (Å²) in [7, 11) is 0. The van der Waals surface area contributed by atoms with Gasteiger partial charge in [-0.25, -0.2) is 4.98 Å². The average molecular weight is 631 g/mol. The number of hydrogen-bond donors (Lipinski definition) is 0. The van der Waals surface area contributed by atoms with Gasteiger partial charge in [0.2, 0.25) is 5.95 Å². The van der Waals surface area contributed by atoms with Crippen molar-refractivity contribution >= 4 is 64.1 Å². The molecule has 0 saturated carbocycles. The summed E-state index contributed by atoms with van der Waals surface area (Å²) in [6, 6.07) is 55.6. The van der Waals surface area contributed by atoms with Gasteiger partial charge < -0.3 is 0 Å². The molecule has 3 aromatic heterocycles. The molecule has 10 rings (SSSR count). The minimum atomic E-state index is 0.590. The second-order valence-electron chi connectivity index (χ2n) is 12.0. The molecule has 7 aromatic carbocycles. The third-order valence-corrected chi connectivity index (χ3v) is 10.4. The largest absolute Gasteiger partial charge is 0.277 e. The monoisotopic (exact) mass is 630 g/mol. The maximum Gasteiger partial charge on any atom is 0.238 e. The van der Waals surface area contributed by atoms with E-state index in [0.717, 1.165) is 38.7 Å². The molecule has 5 heteroatoms. The molecule has 224 valence electrons. The molecule has 0 unspecified atom stereocenters. The topological polar surface area (TPSA) is 43.6 Å². The van der Waals surface area contributed by atoms with E-state index in [0.29, 0.717) is 17.6 Å². The van der Waals surface area contributed by atoms with Gasteiger partial charge in [0.25, 0.3) is 0 Å². The predicted octanol–water partition coefficient (Wildman–Crippen LogP) is 11.5. The predicted molar refractivity (Wildman–Crippen MR) is 201 cm³/mol. The van der Waals surface area contributed by atoms with Gasteiger partial charge in [0.1, 0.15) is 0 Å². The van der Waals surface area contributed by atoms with Crippen LogP contribution in [0.15, 0.2) is 158 Å². The van der Waals surface area contributed by atoms with E-state index in [9.17, 15) is 0 Å². The Morgan fingerprint density at radius 1 is 0.438 bits per heavy atom. The first-order valence-electron chi connectivity index (χ1n) is 16.0. The summed E-state index contributed by atoms with van der Waals surface area (Å²) in [6.45, 7) is 0. The van der Waals surface area contributed by atoms with Crippen LogP contribution in [0, 0.1) is 0 Å². The number of aromatic nitrogens is 4. The van der Waals surface area contributed by atoms with Gasteiger partial charge in [-0.05, 0) is 40.6 Å². The number of benzene rings is 7. The minimum Gasteiger partial charge on any atom is -0.277 e. The maximum absolute atomic E-state index is 5.21. The van der Waals surface area contributed by atoms with Crippen LogP contribution in [0.2, 0.25) is 0 Å². The van der Waals surface area contributed by atoms with E-state index >= 15 is 0 Å². The second-order valence-corrected chi connectivity index (χ2v) is 13.1. The van der Waals surface area contributed by atoms with Gasteiger partial charge in [-0.3, -0.25) is 4.57 Å². The molecule has 0 atom stereocenters. The van der Waals surface area contributed by atoms with Crippen LogP contribution in [0.25, 0.3) is 92.6 Å². The lowest BCUT2D eigenvalue weighted by Gasteiger charge is -2.13. The first kappa shape index (κ1) is 27.0. The molecule has 0 N–H and O–H groups in total. The third kappa shape index (κ3) is 4.18. The molecule has 10 aromatic rings. The molecule has 0 fully saturated rings. The quantitative estimate of drug-likeness (QED) is 0.194. The lowest BCUT2D eigenvalue weighted by molar-refractivity contribution is 0.954. The van der Waals surface area contributed by atoms with Crippen LogP contribution in [0.4, 0.5) is 0 Å². The third-order valence-electron chi connectivity index (χ3n) is 9.25. The van der Waals surface area contributed by atoms with Crippen molar-refractivity contribution in [2.24, 2.45) is 0 Å². The molecule has 0 radical (unpaired) electrons. The zero-order chi connectivity index (χ0) is 31.6. The molecule has 0 bridgehead atoms. The summed E-state index contributed by atoms with van der Waals surface area (Å²) in [5, 5.41) is 7.32. The van der Waals surface area contributed by atoms with E-state index in [1.807, 2.05) is 47.7 Å². The summed E-state index contributed by atoms with van der Waals surface area (Å²) < 4.78 is 4.84. The Morgan fingerprint density at radius 3 is 1.85 bits per heavy atom. The van der Waals surface area contributed by atoms with E-state index in [-0.39, 0.29) is 0 Å². The van der Waals surface area contributed by atoms with Crippen molar-refractivity contribution in [2.45, 2.75) is 0 Å². The lowest BCUT2D eigenvalue weighted by atomic mass is 9.98. The van der Waals surface area contributed by atoms with Gasteiger partial charge in [-0.1, -0.05) is 133 Å². The van der Waals surface area contributed by atoms with Crippen LogP contribution in [0.3, 0.4) is 0 Å². The van der Waals surface area contributed by atoms with Gasteiger partial charge in [0, 0.05) is 47.6 Å². The van der Waals surface area contributed by atoms with Crippen molar-refractivity contribution < 1.29 is 0 Å². The lowest BCUT2D eigenvalue weighted by Crippen LogP contribution is -2.07. The number of nitrogens with zero attached hydrogens (tertiary/aromatic N) is 4. The summed E-state index contributed by atoms with van der Waals surface area (Å²) in [6.07, 6.45) is 0. The van der Waals surface area contributed by atoms with Crippen LogP contribution >= 0.6 is 11.3 Å². The molecule has 0 aliphatic rings. The standard InChI is InChI=1S/C43H26N4S/c1-3-13-28(14-4-1)41-44-42(29-15-5-2-6-16-29)46-43(45-41)47-36-24-22-27-12-7-8-17-31(27)39(36)34-20-11-19-32(40(34)47)30-23-25-38-35(26-30)33-18-9-10-21-37(33)48-38/h1-26H. The molecule has 0 amide bonds. The zero-order valence-electron chi connectivity index (χ0n) is 25.7. The fourth-order valence-corrected chi connectivity index (χ4v) is 8.15. The van der Waals surface area contributed by atoms with Crippen LogP contribution in [-0.2, 0) is 0 Å². The van der Waals surface area contributed by atoms with Crippen molar-refractivity contribution in [3.63, 3.8) is 0 Å². The molecule has 4 nitrogen and oxygen atoms in total. The molecule has 3 heterocycles. The molecular formula is C43H26N4S. The summed E-state index contributed by atoms with van der Waals surface area (Å²) in [5.74, 6) is 1.87. The van der Waals surface area contributed by atoms with Crippen molar-refractivity contribution in [1.82, 2.24) is 19.5 Å². The van der Waals surface area contributed by atoms with E-state index in [2.05, 4.69) is 126 Å². The van der Waals surface area contributed by atoms with Gasteiger partial charge in [0.05, 0.1) is 11.0 Å². The number of hydrogen-bond acceptors (Lipinski definition) is 4. The first-order valence-corrected chi connectivity index (χ1v) is 16.9. The van der Waals surface area contributed by atoms with Crippen LogP contribution in [0.1, 0.15) is 0 Å². The average Bonchev–Trinajstić information content (AvgIpc) is 3.71. The van der Waals surface area contributed by atoms with Gasteiger partial charge >= 0.3 is 0 Å². The van der Waals surface area contributed by atoms with Crippen LogP contribution < -0.4 is 0 Å². The van der Waals surface area contributed by atoms with Gasteiger partial charge in [0.15, 0.2) is 11.6 Å². The zero-order valence-corrected chi connectivity index (χ0v) is 26.5. The Kier molecular flexibility index (Phi) is 6.01. The highest BCUT2D eigenvalue weighted by molar-refractivity contribution is 7.25. The van der Waals surface area contributed by atoms with Crippen LogP contribution in [0.5, 0.6) is 0 Å². The molecule has 48 heavy (non-hydrogen) atoms. The Labute approximate surface area is 280 Å². The van der Waals surface area contributed by atoms with E-state index < -0.39 is 0 Å². The normalized spacial score (nSPS) is 11.8. The van der Waals surface area contributed by atoms with Crippen molar-refractivity contribution in [3.05, 3.63) is 158 Å². The second kappa shape index (κ2) is 10.7. The highest BCUT2D eigenvalue weighted by Gasteiger charge is 2.22. The molecule has 0 saturated heterocycles. The van der Waals surface area contributed by atoms with E-state index in [4.69, 9.17) is 15.0 Å². The van der Waals surface area contributed by atoms with Gasteiger partial charge in [-0.2, -0.15) is 9.97 Å². The highest BCUT2D eigenvalue weighted by atomic mass is 32.1. The number of fused-ring (bicyclic) bond motifs is 8. The number of thiophene rings is 1. The maximum atomic E-state index is 5.21. The van der Waals surface area contributed by atoms with Crippen molar-refractivity contribution in [3.8, 4) is 39.9 Å². The Balaban J connectivity index is 1.34. The SMILES string of the molecule is c1ccc(-c2nc(-c3ccccc3)nc(-n3c4ccc5ccccc5c4c4cccc(-c5ccc6sc7ccccc7c6c5)c43)n2)cc1. The highest BCUT2D eigenvalue weighted by Crippen LogP contribution is 2.43. The molecule has 0 spiro atoms. The Bertz CT molecular complexity index is 2780. The smallest absolute Gasteiger partial charge is 0.238 e. The van der Waals surface area contributed by atoms with Crippen molar-refractivity contribution in [1.29, 1.82) is 0 Å². The first-order chi connectivity index (χ1) is 23.8. The van der Waals surface area contributed by atoms with E-state index in [1.165, 1.54) is 36.3 Å².